The highest BCUT2D eigenvalue weighted by atomic mass is 79.9. The highest BCUT2D eigenvalue weighted by molar-refractivity contribution is 9.10. The third-order valence-corrected chi connectivity index (χ3v) is 4.36. The molecule has 3 N–H and O–H groups in total. The zero-order valence-corrected chi connectivity index (χ0v) is 15.3. The molecule has 3 aromatic rings. The van der Waals surface area contributed by atoms with E-state index in [0.29, 0.717) is 15.8 Å². The Balaban J connectivity index is 1.85. The Labute approximate surface area is 155 Å². The summed E-state index contributed by atoms with van der Waals surface area (Å²) in [5.41, 5.74) is 5.93. The molecule has 134 valence electrons. The van der Waals surface area contributed by atoms with E-state index in [0.717, 1.165) is 4.57 Å². The minimum Gasteiger partial charge on any atom is -0.368 e. The zero-order valence-electron chi connectivity index (χ0n) is 13.7. The molecule has 0 fully saturated rings. The normalized spacial score (nSPS) is 12.1. The van der Waals surface area contributed by atoms with E-state index < -0.39 is 23.4 Å². The van der Waals surface area contributed by atoms with Gasteiger partial charge in [0.05, 0.1) is 0 Å². The number of nitrogens with two attached hydrogens (primary N) is 1. The number of nitrogens with zero attached hydrogens (tertiary/aromatic N) is 4. The van der Waals surface area contributed by atoms with Gasteiger partial charge in [-0.05, 0) is 21.5 Å². The molecule has 0 aliphatic heterocycles. The fraction of sp³-hybridized carbons (Fsp3) is 0.188. The van der Waals surface area contributed by atoms with E-state index in [1.165, 1.54) is 11.0 Å². The van der Waals surface area contributed by atoms with E-state index in [4.69, 9.17) is 5.73 Å². The number of nitrogens with one attached hydrogen (secondary N) is 1. The molecule has 2 amide bonds. The van der Waals surface area contributed by atoms with Gasteiger partial charge in [-0.1, -0.05) is 30.3 Å². The Hall–Kier alpha value is -3.01. The standard InChI is InChI=1S/C16H15BrN6O3/c1-22-15-11(13(17)21-22)16(26)23(8-19-15)7-10(24)20-12(14(18)25)9-5-3-2-4-6-9/h2-6,8,12H,7H2,1H3,(H2,18,25)(H,20,24). The van der Waals surface area contributed by atoms with Crippen LogP contribution in [0.1, 0.15) is 11.6 Å². The van der Waals surface area contributed by atoms with Gasteiger partial charge in [-0.3, -0.25) is 19.0 Å². The first-order valence-electron chi connectivity index (χ1n) is 7.59. The number of fused-ring (bicyclic) bond motifs is 1. The van der Waals surface area contributed by atoms with Crippen LogP contribution in [0.15, 0.2) is 46.1 Å². The van der Waals surface area contributed by atoms with Crippen molar-refractivity contribution in [3.8, 4) is 0 Å². The maximum atomic E-state index is 12.6. The summed E-state index contributed by atoms with van der Waals surface area (Å²) in [5.74, 6) is -1.23. The van der Waals surface area contributed by atoms with Gasteiger partial charge in [0, 0.05) is 7.05 Å². The van der Waals surface area contributed by atoms with Crippen LogP contribution in [0.2, 0.25) is 0 Å². The summed E-state index contributed by atoms with van der Waals surface area (Å²) in [6, 6.07) is 7.64. The minimum atomic E-state index is -0.985. The molecule has 0 spiro atoms. The first-order valence-corrected chi connectivity index (χ1v) is 8.39. The van der Waals surface area contributed by atoms with Crippen molar-refractivity contribution in [3.05, 3.63) is 57.2 Å². The highest BCUT2D eigenvalue weighted by Gasteiger charge is 2.21. The second-order valence-corrected chi connectivity index (χ2v) is 6.36. The number of primary amides is 1. The number of benzene rings is 1. The van der Waals surface area contributed by atoms with Crippen LogP contribution in [-0.2, 0) is 23.2 Å². The second kappa shape index (κ2) is 7.08. The van der Waals surface area contributed by atoms with Crippen molar-refractivity contribution in [2.45, 2.75) is 12.6 Å². The van der Waals surface area contributed by atoms with Crippen LogP contribution < -0.4 is 16.6 Å². The largest absolute Gasteiger partial charge is 0.368 e. The Morgan fingerprint density at radius 1 is 1.31 bits per heavy atom. The molecule has 1 atom stereocenters. The fourth-order valence-corrected chi connectivity index (χ4v) is 3.16. The molecule has 3 rings (SSSR count). The maximum absolute atomic E-state index is 12.6. The second-order valence-electron chi connectivity index (χ2n) is 5.60. The van der Waals surface area contributed by atoms with Crippen molar-refractivity contribution in [3.63, 3.8) is 0 Å². The molecule has 26 heavy (non-hydrogen) atoms. The molecule has 0 saturated heterocycles. The van der Waals surface area contributed by atoms with E-state index in [9.17, 15) is 14.4 Å². The predicted octanol–water partition coefficient (Wildman–Crippen LogP) is 0.235. The van der Waals surface area contributed by atoms with Gasteiger partial charge >= 0.3 is 0 Å². The molecule has 1 unspecified atom stereocenters. The fourth-order valence-electron chi connectivity index (χ4n) is 2.57. The smallest absolute Gasteiger partial charge is 0.266 e. The predicted molar refractivity (Wildman–Crippen MR) is 97.0 cm³/mol. The molecule has 0 radical (unpaired) electrons. The lowest BCUT2D eigenvalue weighted by Gasteiger charge is -2.16. The molecular formula is C16H15BrN6O3. The first kappa shape index (κ1) is 17.8. The summed E-state index contributed by atoms with van der Waals surface area (Å²) >= 11 is 3.21. The van der Waals surface area contributed by atoms with E-state index in [-0.39, 0.29) is 11.9 Å². The van der Waals surface area contributed by atoms with Crippen molar-refractivity contribution in [2.75, 3.05) is 0 Å². The van der Waals surface area contributed by atoms with Crippen molar-refractivity contribution in [1.29, 1.82) is 0 Å². The number of hydrogen-bond acceptors (Lipinski definition) is 5. The number of hydrogen-bond donors (Lipinski definition) is 2. The number of halogens is 1. The molecule has 0 aliphatic rings. The van der Waals surface area contributed by atoms with Crippen molar-refractivity contribution < 1.29 is 9.59 Å². The number of carbonyl (C=O) groups excluding carboxylic acids is 2. The first-order chi connectivity index (χ1) is 12.4. The van der Waals surface area contributed by atoms with E-state index in [1.54, 1.807) is 37.4 Å². The minimum absolute atomic E-state index is 0.275. The summed E-state index contributed by atoms with van der Waals surface area (Å²) in [4.78, 5) is 40.7. The van der Waals surface area contributed by atoms with Crippen LogP contribution in [0.4, 0.5) is 0 Å². The summed E-state index contributed by atoms with van der Waals surface area (Å²) in [5, 5.41) is 6.90. The van der Waals surface area contributed by atoms with Gasteiger partial charge in [0.25, 0.3) is 5.56 Å². The molecule has 2 aromatic heterocycles. The van der Waals surface area contributed by atoms with Gasteiger partial charge in [-0.2, -0.15) is 5.10 Å². The number of aromatic nitrogens is 4. The summed E-state index contributed by atoms with van der Waals surface area (Å²) < 4.78 is 2.96. The maximum Gasteiger partial charge on any atom is 0.266 e. The van der Waals surface area contributed by atoms with Crippen LogP contribution in [0.25, 0.3) is 11.0 Å². The van der Waals surface area contributed by atoms with Gasteiger partial charge in [-0.25, -0.2) is 9.67 Å². The Bertz CT molecular complexity index is 1040. The number of carbonyl (C=O) groups is 2. The third-order valence-electron chi connectivity index (χ3n) is 3.81. The quantitative estimate of drug-likeness (QED) is 0.613. The molecule has 1 aromatic carbocycles. The summed E-state index contributed by atoms with van der Waals surface area (Å²) in [7, 11) is 1.66. The summed E-state index contributed by atoms with van der Waals surface area (Å²) in [6.07, 6.45) is 1.26. The zero-order chi connectivity index (χ0) is 18.8. The molecule has 10 heteroatoms. The van der Waals surface area contributed by atoms with Crippen LogP contribution in [0.3, 0.4) is 0 Å². The van der Waals surface area contributed by atoms with Gasteiger partial charge < -0.3 is 11.1 Å². The Morgan fingerprint density at radius 3 is 2.65 bits per heavy atom. The Kier molecular flexibility index (Phi) is 4.85. The van der Waals surface area contributed by atoms with Crippen molar-refractivity contribution in [1.82, 2.24) is 24.6 Å². The number of amides is 2. The molecular weight excluding hydrogens is 404 g/mol. The molecule has 0 aliphatic carbocycles. The lowest BCUT2D eigenvalue weighted by atomic mass is 10.1. The van der Waals surface area contributed by atoms with Gasteiger partial charge in [0.1, 0.15) is 28.9 Å². The van der Waals surface area contributed by atoms with Gasteiger partial charge in [0.15, 0.2) is 5.65 Å². The van der Waals surface area contributed by atoms with E-state index in [1.807, 2.05) is 0 Å². The average Bonchev–Trinajstić information content (AvgIpc) is 2.90. The average molecular weight is 419 g/mol. The summed E-state index contributed by atoms with van der Waals surface area (Å²) in [6.45, 7) is -0.306. The van der Waals surface area contributed by atoms with Crippen molar-refractivity contribution >= 4 is 38.8 Å². The van der Waals surface area contributed by atoms with Crippen LogP contribution in [0, 0.1) is 0 Å². The van der Waals surface area contributed by atoms with Gasteiger partial charge in [-0.15, -0.1) is 0 Å². The third kappa shape index (κ3) is 3.36. The van der Waals surface area contributed by atoms with Crippen molar-refractivity contribution in [2.24, 2.45) is 12.8 Å². The monoisotopic (exact) mass is 418 g/mol. The number of rotatable bonds is 5. The van der Waals surface area contributed by atoms with E-state index >= 15 is 0 Å². The van der Waals surface area contributed by atoms with E-state index in [2.05, 4.69) is 31.3 Å². The number of aryl methyl sites for hydroxylation is 1. The lowest BCUT2D eigenvalue weighted by Crippen LogP contribution is -2.40. The van der Waals surface area contributed by atoms with Crippen LogP contribution in [-0.4, -0.2) is 31.1 Å². The topological polar surface area (TPSA) is 125 Å². The molecule has 9 nitrogen and oxygen atoms in total. The van der Waals surface area contributed by atoms with Crippen LogP contribution >= 0.6 is 15.9 Å². The molecule has 2 heterocycles. The molecule has 0 bridgehead atoms. The highest BCUT2D eigenvalue weighted by Crippen LogP contribution is 2.16. The van der Waals surface area contributed by atoms with Crippen LogP contribution in [0.5, 0.6) is 0 Å². The molecule has 0 saturated carbocycles. The SMILES string of the molecule is Cn1nc(Br)c2c(=O)n(CC(=O)NC(C(N)=O)c3ccccc3)cnc21. The Morgan fingerprint density at radius 2 is 2.00 bits per heavy atom. The lowest BCUT2D eigenvalue weighted by molar-refractivity contribution is -0.127. The van der Waals surface area contributed by atoms with Gasteiger partial charge in [0.2, 0.25) is 11.8 Å².